The zero-order valence-electron chi connectivity index (χ0n) is 10.3. The summed E-state index contributed by atoms with van der Waals surface area (Å²) in [6, 6.07) is 7.90. The first kappa shape index (κ1) is 11.5. The van der Waals surface area contributed by atoms with Crippen LogP contribution in [0.4, 0.5) is 5.82 Å². The van der Waals surface area contributed by atoms with Gasteiger partial charge in [0.1, 0.15) is 5.82 Å². The van der Waals surface area contributed by atoms with Gasteiger partial charge in [-0.25, -0.2) is 9.36 Å². The van der Waals surface area contributed by atoms with Crippen molar-refractivity contribution in [2.24, 2.45) is 7.05 Å². The van der Waals surface area contributed by atoms with Crippen LogP contribution in [0, 0.1) is 0 Å². The summed E-state index contributed by atoms with van der Waals surface area (Å²) in [5, 5.41) is 0. The van der Waals surface area contributed by atoms with E-state index in [0.717, 1.165) is 5.69 Å². The van der Waals surface area contributed by atoms with Crippen molar-refractivity contribution in [1.29, 1.82) is 0 Å². The Hall–Kier alpha value is -1.97. The lowest BCUT2D eigenvalue weighted by Crippen LogP contribution is -2.21. The maximum Gasteiger partial charge on any atom is 0.334 e. The highest BCUT2D eigenvalue weighted by atomic mass is 16.1. The largest absolute Gasteiger partial charge is 0.383 e. The van der Waals surface area contributed by atoms with Crippen LogP contribution < -0.4 is 11.4 Å². The summed E-state index contributed by atoms with van der Waals surface area (Å²) < 4.78 is 2.98. The molecule has 0 aliphatic heterocycles. The Balaban J connectivity index is 2.50. The average molecular weight is 231 g/mol. The van der Waals surface area contributed by atoms with Gasteiger partial charge < -0.3 is 5.73 Å². The Morgan fingerprint density at radius 1 is 1.18 bits per heavy atom. The van der Waals surface area contributed by atoms with Crippen LogP contribution in [0.25, 0.3) is 5.69 Å². The first-order valence-corrected chi connectivity index (χ1v) is 5.65. The number of imidazole rings is 1. The molecule has 1 aromatic carbocycles. The second kappa shape index (κ2) is 4.13. The first-order valence-electron chi connectivity index (χ1n) is 5.65. The fraction of sp³-hybridized carbons (Fsp3) is 0.308. The molecule has 4 nitrogen and oxygen atoms in total. The number of benzene rings is 1. The fourth-order valence-electron chi connectivity index (χ4n) is 1.85. The predicted octanol–water partition coefficient (Wildman–Crippen LogP) is 1.88. The Labute approximate surface area is 100 Å². The Morgan fingerprint density at radius 3 is 2.18 bits per heavy atom. The van der Waals surface area contributed by atoms with Crippen molar-refractivity contribution >= 4 is 5.82 Å². The van der Waals surface area contributed by atoms with E-state index in [1.807, 2.05) is 24.3 Å². The molecule has 1 heterocycles. The number of aryl methyl sites for hydroxylation is 1. The van der Waals surface area contributed by atoms with Crippen molar-refractivity contribution in [3.05, 3.63) is 46.5 Å². The third-order valence-electron chi connectivity index (χ3n) is 2.90. The maximum absolute atomic E-state index is 11.9. The van der Waals surface area contributed by atoms with Crippen molar-refractivity contribution in [3.8, 4) is 5.69 Å². The Morgan fingerprint density at radius 2 is 1.76 bits per heavy atom. The third-order valence-corrected chi connectivity index (χ3v) is 2.90. The van der Waals surface area contributed by atoms with Gasteiger partial charge in [-0.05, 0) is 23.6 Å². The standard InChI is InChI=1S/C13H17N3O/c1-9(2)10-4-6-11(7-5-10)16-12(14)8-15(3)13(16)17/h4-9H,14H2,1-3H3. The molecule has 0 bridgehead atoms. The molecule has 0 radical (unpaired) electrons. The van der Waals surface area contributed by atoms with E-state index in [-0.39, 0.29) is 5.69 Å². The normalized spacial score (nSPS) is 11.1. The molecule has 0 amide bonds. The summed E-state index contributed by atoms with van der Waals surface area (Å²) in [5.41, 5.74) is 7.74. The molecule has 4 heteroatoms. The molecule has 0 aliphatic rings. The second-order valence-corrected chi connectivity index (χ2v) is 4.53. The highest BCUT2D eigenvalue weighted by molar-refractivity contribution is 5.43. The van der Waals surface area contributed by atoms with Gasteiger partial charge in [-0.1, -0.05) is 26.0 Å². The molecule has 2 N–H and O–H groups in total. The number of nitrogens with two attached hydrogens (primary N) is 1. The van der Waals surface area contributed by atoms with Gasteiger partial charge >= 0.3 is 5.69 Å². The minimum absolute atomic E-state index is 0.125. The Bertz CT molecular complexity index is 576. The van der Waals surface area contributed by atoms with Crippen LogP contribution >= 0.6 is 0 Å². The van der Waals surface area contributed by atoms with E-state index in [1.54, 1.807) is 13.2 Å². The number of hydrogen-bond acceptors (Lipinski definition) is 2. The summed E-state index contributed by atoms with van der Waals surface area (Å²) >= 11 is 0. The minimum atomic E-state index is -0.125. The van der Waals surface area contributed by atoms with Gasteiger partial charge in [0.05, 0.1) is 5.69 Å². The molecule has 17 heavy (non-hydrogen) atoms. The molecule has 1 aromatic heterocycles. The summed E-state index contributed by atoms with van der Waals surface area (Å²) in [6.45, 7) is 4.27. The number of rotatable bonds is 2. The van der Waals surface area contributed by atoms with E-state index >= 15 is 0 Å². The molecule has 0 fully saturated rings. The zero-order valence-corrected chi connectivity index (χ0v) is 10.3. The van der Waals surface area contributed by atoms with E-state index in [0.29, 0.717) is 11.7 Å². The summed E-state index contributed by atoms with van der Waals surface area (Å²) in [4.78, 5) is 11.9. The van der Waals surface area contributed by atoms with Crippen LogP contribution in [0.2, 0.25) is 0 Å². The van der Waals surface area contributed by atoms with Crippen molar-refractivity contribution in [3.63, 3.8) is 0 Å². The topological polar surface area (TPSA) is 52.9 Å². The molecule has 2 aromatic rings. The van der Waals surface area contributed by atoms with Gasteiger partial charge in [0, 0.05) is 13.2 Å². The van der Waals surface area contributed by atoms with E-state index in [2.05, 4.69) is 13.8 Å². The van der Waals surface area contributed by atoms with Gasteiger partial charge in [-0.2, -0.15) is 0 Å². The predicted molar refractivity (Wildman–Crippen MR) is 69.5 cm³/mol. The number of anilines is 1. The smallest absolute Gasteiger partial charge is 0.334 e. The molecule has 0 saturated heterocycles. The molecule has 0 saturated carbocycles. The van der Waals surface area contributed by atoms with Gasteiger partial charge in [-0.3, -0.25) is 4.57 Å². The molecular weight excluding hydrogens is 214 g/mol. The quantitative estimate of drug-likeness (QED) is 0.858. The van der Waals surface area contributed by atoms with Gasteiger partial charge in [0.15, 0.2) is 0 Å². The van der Waals surface area contributed by atoms with Crippen LogP contribution in [-0.4, -0.2) is 9.13 Å². The lowest BCUT2D eigenvalue weighted by atomic mass is 10.0. The highest BCUT2D eigenvalue weighted by Crippen LogP contribution is 2.17. The van der Waals surface area contributed by atoms with Crippen LogP contribution in [0.3, 0.4) is 0 Å². The summed E-state index contributed by atoms with van der Waals surface area (Å²) in [6.07, 6.45) is 1.62. The monoisotopic (exact) mass is 231 g/mol. The number of hydrogen-bond donors (Lipinski definition) is 1. The molecule has 0 unspecified atom stereocenters. The van der Waals surface area contributed by atoms with Crippen molar-refractivity contribution < 1.29 is 0 Å². The van der Waals surface area contributed by atoms with Crippen molar-refractivity contribution in [2.75, 3.05) is 5.73 Å². The molecule has 2 rings (SSSR count). The fourth-order valence-corrected chi connectivity index (χ4v) is 1.85. The summed E-state index contributed by atoms with van der Waals surface area (Å²) in [5.74, 6) is 0.934. The van der Waals surface area contributed by atoms with Gasteiger partial charge in [0.2, 0.25) is 0 Å². The van der Waals surface area contributed by atoms with Crippen molar-refractivity contribution in [2.45, 2.75) is 19.8 Å². The molecular formula is C13H17N3O. The third kappa shape index (κ3) is 1.98. The zero-order chi connectivity index (χ0) is 12.6. The Kier molecular flexibility index (Phi) is 2.79. The van der Waals surface area contributed by atoms with E-state index in [9.17, 15) is 4.79 Å². The number of nitrogens with zero attached hydrogens (tertiary/aromatic N) is 2. The molecule has 0 spiro atoms. The average Bonchev–Trinajstić information content (AvgIpc) is 2.53. The second-order valence-electron chi connectivity index (χ2n) is 4.53. The van der Waals surface area contributed by atoms with Crippen LogP contribution in [-0.2, 0) is 7.05 Å². The summed E-state index contributed by atoms with van der Waals surface area (Å²) in [7, 11) is 1.69. The molecule has 0 aliphatic carbocycles. The van der Waals surface area contributed by atoms with E-state index in [4.69, 9.17) is 5.73 Å². The van der Waals surface area contributed by atoms with E-state index in [1.165, 1.54) is 14.7 Å². The first-order chi connectivity index (χ1) is 8.00. The lowest BCUT2D eigenvalue weighted by Gasteiger charge is -2.07. The van der Waals surface area contributed by atoms with E-state index < -0.39 is 0 Å². The van der Waals surface area contributed by atoms with Gasteiger partial charge in [0.25, 0.3) is 0 Å². The van der Waals surface area contributed by atoms with Crippen molar-refractivity contribution in [1.82, 2.24) is 9.13 Å². The number of aromatic nitrogens is 2. The maximum atomic E-state index is 11.9. The molecule has 90 valence electrons. The SMILES string of the molecule is CC(C)c1ccc(-n2c(N)cn(C)c2=O)cc1. The lowest BCUT2D eigenvalue weighted by molar-refractivity contribution is 0.822. The number of nitrogen functional groups attached to an aromatic ring is 1. The van der Waals surface area contributed by atoms with Crippen LogP contribution in [0.5, 0.6) is 0 Å². The van der Waals surface area contributed by atoms with Gasteiger partial charge in [-0.15, -0.1) is 0 Å². The highest BCUT2D eigenvalue weighted by Gasteiger charge is 2.08. The van der Waals surface area contributed by atoms with Crippen LogP contribution in [0.15, 0.2) is 35.3 Å². The molecule has 0 atom stereocenters. The minimum Gasteiger partial charge on any atom is -0.383 e. The van der Waals surface area contributed by atoms with Crippen LogP contribution in [0.1, 0.15) is 25.3 Å².